The van der Waals surface area contributed by atoms with Gasteiger partial charge in [-0.15, -0.1) is 0 Å². The zero-order valence-electron chi connectivity index (χ0n) is 17.2. The summed E-state index contributed by atoms with van der Waals surface area (Å²) in [4.78, 5) is 24.0. The topological polar surface area (TPSA) is 67.3 Å². The van der Waals surface area contributed by atoms with Gasteiger partial charge in [-0.2, -0.15) is 0 Å². The smallest absolute Gasteiger partial charge is 0.251 e. The van der Waals surface area contributed by atoms with E-state index in [1.165, 1.54) is 12.8 Å². The first-order chi connectivity index (χ1) is 14.7. The fourth-order valence-corrected chi connectivity index (χ4v) is 3.67. The third-order valence-corrected chi connectivity index (χ3v) is 5.17. The maximum Gasteiger partial charge on any atom is 0.251 e. The van der Waals surface area contributed by atoms with Crippen molar-refractivity contribution in [3.8, 4) is 17.0 Å². The minimum atomic E-state index is -0.109. The molecule has 0 bridgehead atoms. The summed E-state index contributed by atoms with van der Waals surface area (Å²) in [6, 6.07) is 15.3. The summed E-state index contributed by atoms with van der Waals surface area (Å²) in [5.41, 5.74) is 3.44. The Morgan fingerprint density at radius 3 is 2.60 bits per heavy atom. The van der Waals surface area contributed by atoms with E-state index in [0.717, 1.165) is 41.5 Å². The van der Waals surface area contributed by atoms with Crippen LogP contribution in [0.1, 0.15) is 35.7 Å². The van der Waals surface area contributed by atoms with E-state index >= 15 is 0 Å². The van der Waals surface area contributed by atoms with Gasteiger partial charge in [-0.1, -0.05) is 24.3 Å². The van der Waals surface area contributed by atoms with E-state index in [1.54, 1.807) is 12.4 Å². The Balaban J connectivity index is 1.44. The molecule has 0 radical (unpaired) electrons. The van der Waals surface area contributed by atoms with E-state index in [1.807, 2.05) is 55.5 Å². The largest absolute Gasteiger partial charge is 0.494 e. The molecule has 2 aromatic carbocycles. The van der Waals surface area contributed by atoms with Crippen molar-refractivity contribution in [2.45, 2.75) is 26.3 Å². The van der Waals surface area contributed by atoms with Crippen LogP contribution in [0.15, 0.2) is 60.9 Å². The summed E-state index contributed by atoms with van der Waals surface area (Å²) in [6.45, 7) is 5.04. The molecule has 4 rings (SSSR count). The van der Waals surface area contributed by atoms with Crippen molar-refractivity contribution in [3.05, 3.63) is 72.1 Å². The Kier molecular flexibility index (Phi) is 6.23. The maximum atomic E-state index is 12.6. The van der Waals surface area contributed by atoms with Crippen molar-refractivity contribution in [1.29, 1.82) is 0 Å². The van der Waals surface area contributed by atoms with Crippen LogP contribution >= 0.6 is 0 Å². The van der Waals surface area contributed by atoms with Gasteiger partial charge in [0.1, 0.15) is 11.4 Å². The average molecular weight is 402 g/mol. The van der Waals surface area contributed by atoms with Crippen LogP contribution in [0, 0.1) is 0 Å². The van der Waals surface area contributed by atoms with E-state index < -0.39 is 0 Å². The lowest BCUT2D eigenvalue weighted by Gasteiger charge is -2.19. The quantitative estimate of drug-likeness (QED) is 0.645. The van der Waals surface area contributed by atoms with E-state index in [4.69, 9.17) is 4.74 Å². The van der Waals surface area contributed by atoms with Crippen molar-refractivity contribution >= 4 is 11.7 Å². The molecule has 1 saturated heterocycles. The van der Waals surface area contributed by atoms with Gasteiger partial charge in [-0.05, 0) is 49.6 Å². The number of nitrogens with one attached hydrogen (secondary N) is 1. The maximum absolute atomic E-state index is 12.6. The van der Waals surface area contributed by atoms with Gasteiger partial charge >= 0.3 is 0 Å². The van der Waals surface area contributed by atoms with Gasteiger partial charge in [0.15, 0.2) is 5.82 Å². The number of aromatic nitrogens is 2. The number of carbonyl (C=O) groups is 1. The van der Waals surface area contributed by atoms with Crippen LogP contribution in [0.3, 0.4) is 0 Å². The van der Waals surface area contributed by atoms with E-state index in [2.05, 4.69) is 20.2 Å². The van der Waals surface area contributed by atoms with Crippen LogP contribution < -0.4 is 15.0 Å². The first-order valence-corrected chi connectivity index (χ1v) is 10.4. The van der Waals surface area contributed by atoms with Gasteiger partial charge in [0.2, 0.25) is 0 Å². The monoisotopic (exact) mass is 402 g/mol. The van der Waals surface area contributed by atoms with Crippen molar-refractivity contribution in [2.24, 2.45) is 0 Å². The first kappa shape index (κ1) is 19.9. The average Bonchev–Trinajstić information content (AvgIpc) is 3.33. The lowest BCUT2D eigenvalue weighted by Crippen LogP contribution is -2.22. The summed E-state index contributed by atoms with van der Waals surface area (Å²) in [6.07, 6.45) is 5.82. The zero-order chi connectivity index (χ0) is 20.8. The van der Waals surface area contributed by atoms with Crippen LogP contribution in [-0.2, 0) is 6.54 Å². The minimum absolute atomic E-state index is 0.109. The number of carbonyl (C=O) groups excluding carboxylic acids is 1. The molecule has 154 valence electrons. The Morgan fingerprint density at radius 2 is 1.83 bits per heavy atom. The minimum Gasteiger partial charge on any atom is -0.494 e. The van der Waals surface area contributed by atoms with Crippen LogP contribution in [0.2, 0.25) is 0 Å². The molecule has 0 spiro atoms. The molecule has 1 amide bonds. The van der Waals surface area contributed by atoms with Gasteiger partial charge in [0.05, 0.1) is 6.61 Å². The molecular weight excluding hydrogens is 376 g/mol. The number of benzene rings is 2. The molecule has 6 nitrogen and oxygen atoms in total. The molecule has 0 unspecified atom stereocenters. The fraction of sp³-hybridized carbons (Fsp3) is 0.292. The predicted octanol–water partition coefficient (Wildman–Crippen LogP) is 4.07. The molecule has 1 N–H and O–H groups in total. The number of ether oxygens (including phenoxy) is 1. The molecule has 6 heteroatoms. The Hall–Kier alpha value is -3.41. The molecular formula is C24H26N4O2. The number of hydrogen-bond acceptors (Lipinski definition) is 5. The summed E-state index contributed by atoms with van der Waals surface area (Å²) >= 11 is 0. The molecule has 2 heterocycles. The highest BCUT2D eigenvalue weighted by Crippen LogP contribution is 2.29. The molecule has 0 saturated carbocycles. The van der Waals surface area contributed by atoms with Crippen molar-refractivity contribution in [3.63, 3.8) is 0 Å². The zero-order valence-corrected chi connectivity index (χ0v) is 17.2. The molecule has 3 aromatic rings. The normalized spacial score (nSPS) is 13.3. The highest BCUT2D eigenvalue weighted by atomic mass is 16.5. The van der Waals surface area contributed by atoms with Gasteiger partial charge in [-0.3, -0.25) is 9.78 Å². The van der Waals surface area contributed by atoms with Crippen LogP contribution in [0.4, 0.5) is 5.82 Å². The number of nitrogens with zero attached hydrogens (tertiary/aromatic N) is 3. The van der Waals surface area contributed by atoms with Crippen molar-refractivity contribution in [2.75, 3.05) is 24.6 Å². The Bertz CT molecular complexity index is 998. The second-order valence-corrected chi connectivity index (χ2v) is 7.26. The van der Waals surface area contributed by atoms with Crippen LogP contribution in [-0.4, -0.2) is 35.6 Å². The van der Waals surface area contributed by atoms with Gasteiger partial charge < -0.3 is 15.0 Å². The highest BCUT2D eigenvalue weighted by molar-refractivity contribution is 5.94. The molecule has 0 atom stereocenters. The molecule has 1 fully saturated rings. The summed E-state index contributed by atoms with van der Waals surface area (Å²) in [5.74, 6) is 1.62. The third kappa shape index (κ3) is 4.59. The number of hydrogen-bond donors (Lipinski definition) is 1. The van der Waals surface area contributed by atoms with E-state index in [-0.39, 0.29) is 5.91 Å². The first-order valence-electron chi connectivity index (χ1n) is 10.4. The SMILES string of the molecule is CCOc1cccc(CNC(=O)c2ccc(-c3nccnc3N3CCCC3)cc2)c1. The predicted molar refractivity (Wildman–Crippen MR) is 118 cm³/mol. The summed E-state index contributed by atoms with van der Waals surface area (Å²) in [5, 5.41) is 2.97. The standard InChI is InChI=1S/C24H26N4O2/c1-2-30-21-7-5-6-18(16-21)17-27-24(29)20-10-8-19(9-11-20)22-23(26-13-12-25-22)28-14-3-4-15-28/h5-13,16H,2-4,14-15,17H2,1H3,(H,27,29). The molecule has 1 aromatic heterocycles. The fourth-order valence-electron chi connectivity index (χ4n) is 3.67. The Labute approximate surface area is 176 Å². The van der Waals surface area contributed by atoms with Gasteiger partial charge in [0.25, 0.3) is 5.91 Å². The van der Waals surface area contributed by atoms with Gasteiger partial charge in [-0.25, -0.2) is 4.98 Å². The Morgan fingerprint density at radius 1 is 1.07 bits per heavy atom. The number of rotatable bonds is 7. The second-order valence-electron chi connectivity index (χ2n) is 7.26. The molecule has 1 aliphatic heterocycles. The van der Waals surface area contributed by atoms with Gasteiger partial charge in [0, 0.05) is 43.2 Å². The van der Waals surface area contributed by atoms with Crippen LogP contribution in [0.5, 0.6) is 5.75 Å². The molecule has 30 heavy (non-hydrogen) atoms. The lowest BCUT2D eigenvalue weighted by atomic mass is 10.1. The highest BCUT2D eigenvalue weighted by Gasteiger charge is 2.19. The second kappa shape index (κ2) is 9.39. The summed E-state index contributed by atoms with van der Waals surface area (Å²) in [7, 11) is 0. The molecule has 1 aliphatic rings. The number of anilines is 1. The number of amides is 1. The van der Waals surface area contributed by atoms with E-state index in [0.29, 0.717) is 18.7 Å². The van der Waals surface area contributed by atoms with Crippen molar-refractivity contribution in [1.82, 2.24) is 15.3 Å². The van der Waals surface area contributed by atoms with Crippen molar-refractivity contribution < 1.29 is 9.53 Å². The molecule has 0 aliphatic carbocycles. The van der Waals surface area contributed by atoms with E-state index in [9.17, 15) is 4.79 Å². The van der Waals surface area contributed by atoms with Crippen LogP contribution in [0.25, 0.3) is 11.3 Å². The lowest BCUT2D eigenvalue weighted by molar-refractivity contribution is 0.0951. The summed E-state index contributed by atoms with van der Waals surface area (Å²) < 4.78 is 5.51. The third-order valence-electron chi connectivity index (χ3n) is 5.17.